The summed E-state index contributed by atoms with van der Waals surface area (Å²) in [6, 6.07) is 34.7. The molecule has 0 aliphatic carbocycles. The van der Waals surface area contributed by atoms with E-state index in [4.69, 9.17) is 0 Å². The number of pyridine rings is 3. The number of anilines is 5. The minimum absolute atomic E-state index is 0. The van der Waals surface area contributed by atoms with Crippen molar-refractivity contribution in [2.24, 2.45) is 0 Å². The zero-order valence-corrected chi connectivity index (χ0v) is 59.1. The minimum atomic E-state index is -1.51. The summed E-state index contributed by atoms with van der Waals surface area (Å²) >= 11 is 0. The number of carbonyl (C=O) groups is 5. The first-order valence-corrected chi connectivity index (χ1v) is 25.3. The van der Waals surface area contributed by atoms with Crippen molar-refractivity contribution >= 4 is 58.1 Å². The molecule has 0 aliphatic rings. The number of hydrogen-bond acceptors (Lipinski definition) is 11. The Labute approximate surface area is 567 Å². The molecule has 0 spiro atoms. The van der Waals surface area contributed by atoms with E-state index < -0.39 is 34.5 Å². The summed E-state index contributed by atoms with van der Waals surface area (Å²) in [6.45, 7) is 21.4. The molecule has 0 fully saturated rings. The maximum Gasteiger partial charge on any atom is 0.257 e. The number of rotatable bonds is 17. The second-order valence-corrected chi connectivity index (χ2v) is 17.1. The van der Waals surface area contributed by atoms with Gasteiger partial charge in [0.15, 0.2) is 0 Å². The van der Waals surface area contributed by atoms with Gasteiger partial charge in [-0.05, 0) is 144 Å². The zero-order chi connectivity index (χ0) is 56.5. The molecule has 3 atom stereocenters. The molecular formula is C63H93N8O8Y3-3. The summed E-state index contributed by atoms with van der Waals surface area (Å²) in [5.74, 6) is -1.21. The Morgan fingerprint density at radius 1 is 0.427 bits per heavy atom. The topological polar surface area (TPSA) is 245 Å². The summed E-state index contributed by atoms with van der Waals surface area (Å²) in [5, 5.41) is 44.4. The van der Waals surface area contributed by atoms with Crippen molar-refractivity contribution in [3.63, 3.8) is 0 Å². The predicted molar refractivity (Wildman–Crippen MR) is 328 cm³/mol. The van der Waals surface area contributed by atoms with Crippen LogP contribution >= 0.6 is 0 Å². The summed E-state index contributed by atoms with van der Waals surface area (Å²) in [7, 11) is 0. The molecule has 19 heteroatoms. The molecule has 3 heterocycles. The predicted octanol–water partition coefficient (Wildman–Crippen LogP) is 12.5. The third-order valence-corrected chi connectivity index (χ3v) is 10.6. The standard InChI is InChI=1S/2C18H21N3O3.C17H20N2O2.3C2H6.CH4.3CH3.3Y/c1-13(22)20-15-7-5-14(6-8-15)9-10-18(2,24)17(23)21-16-4-3-11-19-12-16;1-13(22)20-15-8-6-14(7-9-15)10-11-18(2,24)17(23)21-16-5-3-4-12-19-16;1-13-3-5-14(6-4-13)7-10-17(2,21)16(20)19-15-8-11-18-12-9-15;3*1-2;;;;;;;/h3-8,11-12,24H,9-10H2,1-2H3,(H,20,22)(H,21,23);3-9,12,24H,10-11H2,1-2H3,(H,20,22)(H,19,21,23);3-6,8-9,11-12,21H,7,10H2,1-2H3,(H,18,19,20);3*1-2H3;1H4;3*1H3;;;/q;;;;;;;3*-1;;;/t2*18-;17-;;;;;;;;;;/m000........../s1. The van der Waals surface area contributed by atoms with Crippen molar-refractivity contribution < 1.29 is 137 Å². The van der Waals surface area contributed by atoms with E-state index in [9.17, 15) is 39.3 Å². The van der Waals surface area contributed by atoms with Crippen LogP contribution in [0.15, 0.2) is 146 Å². The molecule has 0 bridgehead atoms. The van der Waals surface area contributed by atoms with Gasteiger partial charge in [-0.3, -0.25) is 33.9 Å². The van der Waals surface area contributed by atoms with Crippen LogP contribution in [0.2, 0.25) is 0 Å². The quantitative estimate of drug-likeness (QED) is 0.0399. The van der Waals surface area contributed by atoms with Gasteiger partial charge in [0.1, 0.15) is 22.6 Å². The van der Waals surface area contributed by atoms with Crippen LogP contribution in [0.1, 0.15) is 125 Å². The molecule has 3 aromatic carbocycles. The monoisotopic (exact) mass is 1360 g/mol. The van der Waals surface area contributed by atoms with Gasteiger partial charge in [0.2, 0.25) is 11.8 Å². The van der Waals surface area contributed by atoms with Gasteiger partial charge in [-0.2, -0.15) is 0 Å². The molecule has 8 N–H and O–H groups in total. The van der Waals surface area contributed by atoms with Crippen LogP contribution in [-0.4, -0.2) is 76.6 Å². The summed E-state index contributed by atoms with van der Waals surface area (Å²) in [4.78, 5) is 70.3. The Morgan fingerprint density at radius 3 is 1.12 bits per heavy atom. The molecule has 445 valence electrons. The molecule has 0 unspecified atom stereocenters. The maximum atomic E-state index is 12.2. The molecule has 0 aliphatic heterocycles. The van der Waals surface area contributed by atoms with E-state index in [-0.39, 0.29) is 152 Å². The molecule has 0 saturated carbocycles. The van der Waals surface area contributed by atoms with Crippen molar-refractivity contribution in [2.75, 3.05) is 26.6 Å². The molecule has 6 aromatic rings. The fourth-order valence-electron chi connectivity index (χ4n) is 6.27. The first kappa shape index (κ1) is 91.4. The first-order chi connectivity index (χ1) is 35.7. The van der Waals surface area contributed by atoms with Crippen molar-refractivity contribution in [1.82, 2.24) is 15.0 Å². The second kappa shape index (κ2) is 50.0. The van der Waals surface area contributed by atoms with Crippen molar-refractivity contribution in [2.45, 2.75) is 146 Å². The van der Waals surface area contributed by atoms with Gasteiger partial charge >= 0.3 is 0 Å². The third kappa shape index (κ3) is 37.8. The molecule has 16 nitrogen and oxygen atoms in total. The van der Waals surface area contributed by atoms with Gasteiger partial charge in [-0.15, -0.1) is 0 Å². The fraction of sp³-hybridized carbons (Fsp3) is 0.349. The van der Waals surface area contributed by atoms with Crippen molar-refractivity contribution in [3.8, 4) is 0 Å². The van der Waals surface area contributed by atoms with Gasteiger partial charge in [0.05, 0.1) is 11.9 Å². The summed E-state index contributed by atoms with van der Waals surface area (Å²) in [5.41, 5.74) is 2.44. The van der Waals surface area contributed by atoms with E-state index in [1.165, 1.54) is 46.4 Å². The Bertz CT molecular complexity index is 2460. The number of benzene rings is 3. The normalized spacial score (nSPS) is 11.3. The van der Waals surface area contributed by atoms with E-state index >= 15 is 0 Å². The SMILES string of the molecule is C.CC.CC.CC.CC(=O)Nc1ccc(CC[C@](C)(O)C(=O)Nc2ccccn2)cc1.CC(=O)Nc1ccc(CC[C@](C)(O)C(=O)Nc2cccnc2)cc1.Cc1ccc(CC[C@](C)(O)C(=O)Nc2ccncc2)cc1.[CH3-].[CH3-].[CH3-].[Y].[Y].[Y]. The molecule has 5 amide bonds. The smallest absolute Gasteiger partial charge is 0.257 e. The Hall–Kier alpha value is -4.35. The van der Waals surface area contributed by atoms with Gasteiger partial charge in [-0.1, -0.05) is 109 Å². The van der Waals surface area contributed by atoms with Crippen molar-refractivity contribution in [1.29, 1.82) is 0 Å². The number of nitrogens with zero attached hydrogens (tertiary/aromatic N) is 3. The number of aromatic nitrogens is 3. The number of carbonyl (C=O) groups excluding carboxylic acids is 5. The third-order valence-electron chi connectivity index (χ3n) is 10.6. The van der Waals surface area contributed by atoms with Gasteiger partial charge in [0.25, 0.3) is 17.7 Å². The van der Waals surface area contributed by atoms with Crippen LogP contribution < -0.4 is 26.6 Å². The van der Waals surface area contributed by atoms with Crippen LogP contribution in [0.25, 0.3) is 0 Å². The average molecular weight is 1360 g/mol. The van der Waals surface area contributed by atoms with Crippen molar-refractivity contribution in [3.05, 3.63) is 191 Å². The van der Waals surface area contributed by atoms with E-state index in [1.807, 2.05) is 97.0 Å². The van der Waals surface area contributed by atoms with E-state index in [0.29, 0.717) is 54.3 Å². The maximum absolute atomic E-state index is 12.2. The molecule has 0 saturated heterocycles. The van der Waals surface area contributed by atoms with Crippen LogP contribution in [0.4, 0.5) is 28.6 Å². The second-order valence-electron chi connectivity index (χ2n) is 17.1. The number of hydrogen-bond donors (Lipinski definition) is 8. The van der Waals surface area contributed by atoms with Gasteiger partial charge in [0, 0.05) is 154 Å². The Balaban J connectivity index is -0.000000189. The Morgan fingerprint density at radius 2 is 0.780 bits per heavy atom. The minimum Gasteiger partial charge on any atom is -0.380 e. The van der Waals surface area contributed by atoms with E-state index in [2.05, 4.69) is 41.5 Å². The van der Waals surface area contributed by atoms with Crippen LogP contribution in [0, 0.1) is 29.2 Å². The van der Waals surface area contributed by atoms with Gasteiger partial charge < -0.3 is 64.2 Å². The molecule has 3 aromatic heterocycles. The zero-order valence-electron chi connectivity index (χ0n) is 50.6. The molecular weight excluding hydrogens is 1260 g/mol. The Kier molecular flexibility index (Phi) is 55.8. The number of nitrogens with one attached hydrogen (secondary N) is 5. The number of aryl methyl sites for hydroxylation is 4. The van der Waals surface area contributed by atoms with Crippen LogP contribution in [0.3, 0.4) is 0 Å². The fourth-order valence-corrected chi connectivity index (χ4v) is 6.27. The molecule has 6 rings (SSSR count). The largest absolute Gasteiger partial charge is 0.380 e. The number of aliphatic hydroxyl groups is 3. The first-order valence-electron chi connectivity index (χ1n) is 25.3. The van der Waals surface area contributed by atoms with E-state index in [1.54, 1.807) is 91.5 Å². The van der Waals surface area contributed by atoms with E-state index in [0.717, 1.165) is 16.7 Å². The number of amides is 5. The molecule has 82 heavy (non-hydrogen) atoms. The van der Waals surface area contributed by atoms with Crippen LogP contribution in [0.5, 0.6) is 0 Å². The summed E-state index contributed by atoms with van der Waals surface area (Å²) < 4.78 is 0. The van der Waals surface area contributed by atoms with Crippen LogP contribution in [-0.2, 0) is 141 Å². The van der Waals surface area contributed by atoms with Gasteiger partial charge in [-0.25, -0.2) is 4.98 Å². The summed E-state index contributed by atoms with van der Waals surface area (Å²) in [6.07, 6.45) is 10.5. The average Bonchev–Trinajstić information content (AvgIpc) is 3.41. The molecule has 3 radical (unpaired) electrons.